The average molecular weight is 752 g/mol. The Morgan fingerprint density at radius 3 is 2.00 bits per heavy atom. The summed E-state index contributed by atoms with van der Waals surface area (Å²) in [5.74, 6) is -0.811. The zero-order valence-corrected chi connectivity index (χ0v) is 30.6. The van der Waals surface area contributed by atoms with Crippen LogP contribution in [0.15, 0.2) is 96.5 Å². The molecular formula is C26H26N5NaO12S4. The summed E-state index contributed by atoms with van der Waals surface area (Å²) in [6, 6.07) is 10.4. The summed E-state index contributed by atoms with van der Waals surface area (Å²) >= 11 is 0. The molecule has 0 aliphatic carbocycles. The predicted octanol–water partition coefficient (Wildman–Crippen LogP) is 1.12. The topological polar surface area (TPSA) is 269 Å². The van der Waals surface area contributed by atoms with Gasteiger partial charge in [-0.05, 0) is 50.2 Å². The fourth-order valence-electron chi connectivity index (χ4n) is 4.27. The number of rotatable bonds is 11. The van der Waals surface area contributed by atoms with Gasteiger partial charge in [0.15, 0.2) is 9.84 Å². The van der Waals surface area contributed by atoms with Crippen molar-refractivity contribution in [3.8, 4) is 5.75 Å². The number of sulfonamides is 2. The first-order valence-electron chi connectivity index (χ1n) is 12.9. The molecule has 4 N–H and O–H groups in total. The summed E-state index contributed by atoms with van der Waals surface area (Å²) in [6.07, 6.45) is 0.771. The van der Waals surface area contributed by atoms with Crippen LogP contribution in [0.25, 0.3) is 10.8 Å². The maximum Gasteiger partial charge on any atom is 1.00 e. The van der Waals surface area contributed by atoms with E-state index < -0.39 is 87.7 Å². The van der Waals surface area contributed by atoms with Crippen LogP contribution in [-0.2, 0) is 40.0 Å². The van der Waals surface area contributed by atoms with Crippen LogP contribution in [0.4, 0.5) is 22.7 Å². The van der Waals surface area contributed by atoms with Crippen molar-refractivity contribution in [2.75, 3.05) is 11.0 Å². The molecule has 0 bridgehead atoms. The maximum absolute atomic E-state index is 13.4. The minimum Gasteiger partial charge on any atom is -1.00 e. The van der Waals surface area contributed by atoms with Gasteiger partial charge in [-0.3, -0.25) is 19.4 Å². The summed E-state index contributed by atoms with van der Waals surface area (Å²) in [5, 5.41) is 29.8. The molecule has 17 nitrogen and oxygen atoms in total. The Bertz CT molecular complexity index is 2430. The molecule has 4 rings (SSSR count). The summed E-state index contributed by atoms with van der Waals surface area (Å²) in [7, 11) is -18.0. The van der Waals surface area contributed by atoms with Crippen molar-refractivity contribution in [2.24, 2.45) is 10.2 Å². The number of nitrogens with zero attached hydrogens (tertiary/aromatic N) is 3. The van der Waals surface area contributed by atoms with Crippen molar-refractivity contribution in [3.05, 3.63) is 76.8 Å². The van der Waals surface area contributed by atoms with Gasteiger partial charge < -0.3 is 6.53 Å². The van der Waals surface area contributed by atoms with E-state index in [0.717, 1.165) is 48.7 Å². The normalized spacial score (nSPS) is 12.7. The number of hydrogen-bond acceptors (Lipinski definition) is 13. The van der Waals surface area contributed by atoms with E-state index in [0.29, 0.717) is 6.07 Å². The first kappa shape index (κ1) is 38.9. The number of phenolic OH excluding ortho intramolecular Hbond substituents is 1. The SMILES string of the molecule is CC(C)NS(=O)(=O)c1cc(N=Nc2ccc([N+](=O)[O-])cc2S(C)(=O)=O)c2c(NS(=O)(=O)c3cccc(S(=O)(=O)O)c3)cccc2c1O.[H-].[Na+]. The molecule has 48 heavy (non-hydrogen) atoms. The van der Waals surface area contributed by atoms with Gasteiger partial charge in [-0.25, -0.2) is 30.0 Å². The molecule has 0 saturated heterocycles. The van der Waals surface area contributed by atoms with Crippen LogP contribution in [0.3, 0.4) is 0 Å². The molecular weight excluding hydrogens is 726 g/mol. The van der Waals surface area contributed by atoms with Gasteiger partial charge in [-0.15, -0.1) is 10.2 Å². The number of nitrogens with one attached hydrogen (secondary N) is 2. The number of anilines is 1. The Hall–Kier alpha value is -3.54. The van der Waals surface area contributed by atoms with Crippen molar-refractivity contribution in [2.45, 2.75) is 39.5 Å². The Balaban J connectivity index is 0.00000417. The van der Waals surface area contributed by atoms with E-state index in [2.05, 4.69) is 19.7 Å². The van der Waals surface area contributed by atoms with Gasteiger partial charge in [0.25, 0.3) is 25.8 Å². The van der Waals surface area contributed by atoms with Gasteiger partial charge in [-0.2, -0.15) is 8.42 Å². The minimum atomic E-state index is -4.78. The van der Waals surface area contributed by atoms with Gasteiger partial charge in [0.05, 0.1) is 26.1 Å². The van der Waals surface area contributed by atoms with Crippen LogP contribution in [-0.4, -0.2) is 60.6 Å². The molecule has 4 aromatic carbocycles. The van der Waals surface area contributed by atoms with E-state index in [1.165, 1.54) is 32.0 Å². The van der Waals surface area contributed by atoms with Crippen LogP contribution in [0, 0.1) is 10.1 Å². The monoisotopic (exact) mass is 751 g/mol. The standard InChI is InChI=1S/C26H25N5O12S4.Na.H/c1-15(2)29-46(39,40)24-14-22(28-27-20-11-10-16(31(33)34)12-23(20)44(3,35)36)25-19(26(24)32)8-5-9-21(25)30-45(37,38)17-6-4-7-18(13-17)47(41,42)43;;/h4-15,29-30,32H,1-3H3,(H,41,42,43);;/q;+1;-1. The van der Waals surface area contributed by atoms with E-state index in [-0.39, 0.29) is 53.1 Å². The Morgan fingerprint density at radius 2 is 1.42 bits per heavy atom. The molecule has 0 fully saturated rings. The van der Waals surface area contributed by atoms with Gasteiger partial charge in [0.1, 0.15) is 21.2 Å². The third kappa shape index (κ3) is 8.54. The van der Waals surface area contributed by atoms with E-state index in [1.807, 2.05) is 0 Å². The number of nitro groups is 1. The number of aromatic hydroxyl groups is 1. The molecule has 0 amide bonds. The number of benzene rings is 4. The number of fused-ring (bicyclic) bond motifs is 1. The fraction of sp³-hybridized carbons (Fsp3) is 0.154. The summed E-state index contributed by atoms with van der Waals surface area (Å²) in [5.41, 5.74) is -1.66. The molecule has 0 aliphatic heterocycles. The Kier molecular flexibility index (Phi) is 11.5. The smallest absolute Gasteiger partial charge is 1.00 e. The minimum absolute atomic E-state index is 0. The van der Waals surface area contributed by atoms with Gasteiger partial charge in [0, 0.05) is 35.2 Å². The summed E-state index contributed by atoms with van der Waals surface area (Å²) < 4.78 is 115. The number of azo groups is 1. The number of hydrogen-bond donors (Lipinski definition) is 4. The molecule has 22 heteroatoms. The molecule has 0 aliphatic rings. The third-order valence-electron chi connectivity index (χ3n) is 6.23. The van der Waals surface area contributed by atoms with Crippen LogP contribution in [0.1, 0.15) is 15.3 Å². The second kappa shape index (κ2) is 14.1. The van der Waals surface area contributed by atoms with Crippen molar-refractivity contribution in [1.82, 2.24) is 4.72 Å². The molecule has 4 aromatic rings. The molecule has 0 atom stereocenters. The molecule has 0 heterocycles. The largest absolute Gasteiger partial charge is 1.00 e. The van der Waals surface area contributed by atoms with Crippen molar-refractivity contribution in [1.29, 1.82) is 0 Å². The molecule has 252 valence electrons. The Labute approximate surface area is 298 Å². The van der Waals surface area contributed by atoms with E-state index in [4.69, 9.17) is 0 Å². The van der Waals surface area contributed by atoms with Crippen LogP contribution < -0.4 is 39.0 Å². The van der Waals surface area contributed by atoms with Gasteiger partial charge >= 0.3 is 29.6 Å². The van der Waals surface area contributed by atoms with Crippen molar-refractivity contribution < 1.29 is 79.2 Å². The Morgan fingerprint density at radius 1 is 0.812 bits per heavy atom. The molecule has 0 radical (unpaired) electrons. The second-order valence-corrected chi connectivity index (χ2v) is 17.0. The van der Waals surface area contributed by atoms with Gasteiger partial charge in [-0.1, -0.05) is 18.2 Å². The van der Waals surface area contributed by atoms with Crippen LogP contribution in [0.5, 0.6) is 5.75 Å². The number of nitro benzene ring substituents is 1. The third-order valence-corrected chi connectivity index (χ3v) is 11.2. The maximum atomic E-state index is 13.4. The number of non-ortho nitro benzene ring substituents is 1. The molecule has 0 aromatic heterocycles. The zero-order chi connectivity index (χ0) is 35.1. The van der Waals surface area contributed by atoms with E-state index in [1.54, 1.807) is 0 Å². The van der Waals surface area contributed by atoms with Gasteiger partial charge in [0.2, 0.25) is 10.0 Å². The van der Waals surface area contributed by atoms with Crippen LogP contribution in [0.2, 0.25) is 0 Å². The van der Waals surface area contributed by atoms with Crippen molar-refractivity contribution >= 4 is 73.5 Å². The number of phenols is 1. The van der Waals surface area contributed by atoms with E-state index in [9.17, 15) is 53.4 Å². The zero-order valence-electron chi connectivity index (χ0n) is 26.4. The first-order chi connectivity index (χ1) is 21.6. The fourth-order valence-corrected chi connectivity index (χ4v) is 8.20. The summed E-state index contributed by atoms with van der Waals surface area (Å²) in [6.45, 7) is 3.03. The second-order valence-electron chi connectivity index (χ2n) is 10.2. The molecule has 0 saturated carbocycles. The predicted molar refractivity (Wildman–Crippen MR) is 170 cm³/mol. The quantitative estimate of drug-likeness (QED) is 0.0552. The summed E-state index contributed by atoms with van der Waals surface area (Å²) in [4.78, 5) is 7.82. The average Bonchev–Trinajstić information content (AvgIpc) is 2.95. The van der Waals surface area contributed by atoms with Crippen molar-refractivity contribution in [3.63, 3.8) is 0 Å². The molecule has 0 spiro atoms. The van der Waals surface area contributed by atoms with E-state index >= 15 is 0 Å². The molecule has 0 unspecified atom stereocenters. The number of sulfone groups is 1. The first-order valence-corrected chi connectivity index (χ1v) is 19.2. The van der Waals surface area contributed by atoms with Crippen LogP contribution >= 0.6 is 0 Å².